The van der Waals surface area contributed by atoms with Crippen molar-refractivity contribution in [2.45, 2.75) is 13.0 Å². The van der Waals surface area contributed by atoms with Crippen LogP contribution < -0.4 is 10.2 Å². The molecule has 2 aromatic rings. The normalized spacial score (nSPS) is 16.0. The minimum atomic E-state index is -0.528. The maximum absolute atomic E-state index is 13.1. The first-order valence-electron chi connectivity index (χ1n) is 8.59. The predicted octanol–water partition coefficient (Wildman–Crippen LogP) is 1.50. The van der Waals surface area contributed by atoms with Gasteiger partial charge in [-0.05, 0) is 24.6 Å². The molecule has 7 heteroatoms. The first-order chi connectivity index (χ1) is 12.5. The van der Waals surface area contributed by atoms with Crippen molar-refractivity contribution in [2.75, 3.05) is 31.6 Å². The van der Waals surface area contributed by atoms with Crippen LogP contribution in [0.3, 0.4) is 0 Å². The van der Waals surface area contributed by atoms with E-state index in [1.165, 1.54) is 12.1 Å². The maximum Gasteiger partial charge on any atom is 0.287 e. The molecule has 1 amide bonds. The number of nitro groups is 1. The third-order valence-electron chi connectivity index (χ3n) is 4.51. The molecule has 0 unspecified atom stereocenters. The Morgan fingerprint density at radius 2 is 1.92 bits per heavy atom. The van der Waals surface area contributed by atoms with Gasteiger partial charge in [0.15, 0.2) is 6.04 Å². The summed E-state index contributed by atoms with van der Waals surface area (Å²) in [5.41, 5.74) is 2.40. The van der Waals surface area contributed by atoms with Crippen LogP contribution >= 0.6 is 0 Å². The van der Waals surface area contributed by atoms with Crippen LogP contribution in [-0.4, -0.2) is 37.1 Å². The SMILES string of the molecule is Cc1cccc(NC(=O)[C@H](c2cccc([N+](=O)[O-])c2)[NH+]2CCOCC2)c1. The van der Waals surface area contributed by atoms with E-state index in [1.54, 1.807) is 12.1 Å². The van der Waals surface area contributed by atoms with E-state index in [4.69, 9.17) is 4.74 Å². The quantitative estimate of drug-likeness (QED) is 0.628. The molecular weight excluding hydrogens is 334 g/mol. The number of carbonyl (C=O) groups is 1. The Morgan fingerprint density at radius 1 is 1.19 bits per heavy atom. The lowest BCUT2D eigenvalue weighted by Gasteiger charge is -2.30. The summed E-state index contributed by atoms with van der Waals surface area (Å²) in [5, 5.41) is 14.1. The van der Waals surface area contributed by atoms with Crippen LogP contribution in [0.5, 0.6) is 0 Å². The van der Waals surface area contributed by atoms with Gasteiger partial charge < -0.3 is 15.0 Å². The smallest absolute Gasteiger partial charge is 0.287 e. The minimum Gasteiger partial charge on any atom is -0.370 e. The van der Waals surface area contributed by atoms with Crippen molar-refractivity contribution in [3.63, 3.8) is 0 Å². The number of amides is 1. The number of nitrogens with zero attached hydrogens (tertiary/aromatic N) is 1. The Bertz CT molecular complexity index is 803. The van der Waals surface area contributed by atoms with Crippen LogP contribution in [0.4, 0.5) is 11.4 Å². The van der Waals surface area contributed by atoms with E-state index in [9.17, 15) is 14.9 Å². The fraction of sp³-hybridized carbons (Fsp3) is 0.316. The number of non-ortho nitro benzene ring substituents is 1. The first kappa shape index (κ1) is 18.0. The van der Waals surface area contributed by atoms with Gasteiger partial charge >= 0.3 is 0 Å². The molecule has 0 saturated carbocycles. The molecule has 0 aliphatic carbocycles. The second kappa shape index (κ2) is 8.07. The van der Waals surface area contributed by atoms with E-state index in [1.807, 2.05) is 31.2 Å². The molecule has 0 radical (unpaired) electrons. The molecule has 3 rings (SSSR count). The van der Waals surface area contributed by atoms with E-state index in [2.05, 4.69) is 5.32 Å². The number of hydrogen-bond donors (Lipinski definition) is 2. The third-order valence-corrected chi connectivity index (χ3v) is 4.51. The number of aryl methyl sites for hydroxylation is 1. The molecule has 1 aliphatic heterocycles. The van der Waals surface area contributed by atoms with Gasteiger partial charge in [0, 0.05) is 23.4 Å². The summed E-state index contributed by atoms with van der Waals surface area (Å²) in [6, 6.07) is 13.4. The van der Waals surface area contributed by atoms with Gasteiger partial charge in [0.2, 0.25) is 0 Å². The topological polar surface area (TPSA) is 85.9 Å². The van der Waals surface area contributed by atoms with E-state index < -0.39 is 11.0 Å². The number of quaternary nitrogens is 1. The van der Waals surface area contributed by atoms with Crippen molar-refractivity contribution in [3.8, 4) is 0 Å². The summed E-state index contributed by atoms with van der Waals surface area (Å²) in [5.74, 6) is -0.173. The molecule has 0 bridgehead atoms. The van der Waals surface area contributed by atoms with Crippen molar-refractivity contribution >= 4 is 17.3 Å². The lowest BCUT2D eigenvalue weighted by Crippen LogP contribution is -3.15. The summed E-state index contributed by atoms with van der Waals surface area (Å²) in [6.07, 6.45) is 0. The summed E-state index contributed by atoms with van der Waals surface area (Å²) < 4.78 is 5.40. The zero-order chi connectivity index (χ0) is 18.5. The lowest BCUT2D eigenvalue weighted by atomic mass is 10.0. The summed E-state index contributed by atoms with van der Waals surface area (Å²) >= 11 is 0. The lowest BCUT2D eigenvalue weighted by molar-refractivity contribution is -0.929. The number of rotatable bonds is 5. The average Bonchev–Trinajstić information content (AvgIpc) is 2.63. The molecular formula is C19H22N3O4+. The zero-order valence-electron chi connectivity index (χ0n) is 14.6. The Balaban J connectivity index is 1.91. The molecule has 26 heavy (non-hydrogen) atoms. The van der Waals surface area contributed by atoms with Gasteiger partial charge in [-0.1, -0.05) is 24.3 Å². The largest absolute Gasteiger partial charge is 0.370 e. The Morgan fingerprint density at radius 3 is 2.62 bits per heavy atom. The average molecular weight is 356 g/mol. The Hall–Kier alpha value is -2.77. The van der Waals surface area contributed by atoms with Gasteiger partial charge in [-0.3, -0.25) is 14.9 Å². The second-order valence-corrected chi connectivity index (χ2v) is 6.41. The van der Waals surface area contributed by atoms with Gasteiger partial charge in [-0.25, -0.2) is 0 Å². The first-order valence-corrected chi connectivity index (χ1v) is 8.59. The number of morpholine rings is 1. The summed E-state index contributed by atoms with van der Waals surface area (Å²) in [4.78, 5) is 24.8. The molecule has 1 aliphatic rings. The van der Waals surface area contributed by atoms with Crippen LogP contribution in [-0.2, 0) is 9.53 Å². The molecule has 2 aromatic carbocycles. The number of nitro benzene ring substituents is 1. The number of hydrogen-bond acceptors (Lipinski definition) is 4. The van der Waals surface area contributed by atoms with Gasteiger partial charge in [-0.15, -0.1) is 0 Å². The molecule has 1 fully saturated rings. The molecule has 136 valence electrons. The summed E-state index contributed by atoms with van der Waals surface area (Å²) in [6.45, 7) is 4.45. The van der Waals surface area contributed by atoms with Crippen LogP contribution in [0, 0.1) is 17.0 Å². The molecule has 7 nitrogen and oxygen atoms in total. The van der Waals surface area contributed by atoms with E-state index in [0.29, 0.717) is 31.9 Å². The zero-order valence-corrected chi connectivity index (χ0v) is 14.6. The highest BCUT2D eigenvalue weighted by molar-refractivity contribution is 5.94. The van der Waals surface area contributed by atoms with Crippen LogP contribution in [0.15, 0.2) is 48.5 Å². The van der Waals surface area contributed by atoms with Gasteiger partial charge in [0.05, 0.1) is 18.1 Å². The number of benzene rings is 2. The fourth-order valence-electron chi connectivity index (χ4n) is 3.25. The molecule has 1 heterocycles. The third kappa shape index (κ3) is 4.25. The monoisotopic (exact) mass is 356 g/mol. The molecule has 0 spiro atoms. The van der Waals surface area contributed by atoms with Crippen molar-refractivity contribution in [2.24, 2.45) is 0 Å². The molecule has 2 N–H and O–H groups in total. The van der Waals surface area contributed by atoms with Crippen LogP contribution in [0.25, 0.3) is 0 Å². The van der Waals surface area contributed by atoms with E-state index in [0.717, 1.165) is 16.2 Å². The number of carbonyl (C=O) groups excluding carboxylic acids is 1. The Kier molecular flexibility index (Phi) is 5.60. The van der Waals surface area contributed by atoms with Crippen molar-refractivity contribution < 1.29 is 19.4 Å². The molecule has 1 saturated heterocycles. The number of ether oxygens (including phenoxy) is 1. The number of anilines is 1. The maximum atomic E-state index is 13.1. The molecule has 0 aromatic heterocycles. The number of nitrogens with one attached hydrogen (secondary N) is 2. The molecule has 1 atom stereocenters. The minimum absolute atomic E-state index is 0.0106. The van der Waals surface area contributed by atoms with Crippen molar-refractivity contribution in [1.29, 1.82) is 0 Å². The van der Waals surface area contributed by atoms with Crippen molar-refractivity contribution in [3.05, 3.63) is 69.8 Å². The van der Waals surface area contributed by atoms with E-state index in [-0.39, 0.29) is 11.6 Å². The van der Waals surface area contributed by atoms with Crippen molar-refractivity contribution in [1.82, 2.24) is 0 Å². The Labute approximate surface area is 151 Å². The van der Waals surface area contributed by atoms with Gasteiger partial charge in [0.25, 0.3) is 11.6 Å². The second-order valence-electron chi connectivity index (χ2n) is 6.41. The highest BCUT2D eigenvalue weighted by atomic mass is 16.6. The standard InChI is InChI=1S/C19H21N3O4/c1-14-4-2-6-16(12-14)20-19(23)18(21-8-10-26-11-9-21)15-5-3-7-17(13-15)22(24)25/h2-7,12-13,18H,8-11H2,1H3,(H,20,23)/p+1/t18-/m0/s1. The van der Waals surface area contributed by atoms with Crippen LogP contribution in [0.1, 0.15) is 17.2 Å². The van der Waals surface area contributed by atoms with E-state index >= 15 is 0 Å². The highest BCUT2D eigenvalue weighted by Crippen LogP contribution is 2.20. The predicted molar refractivity (Wildman–Crippen MR) is 97.2 cm³/mol. The van der Waals surface area contributed by atoms with Gasteiger partial charge in [-0.2, -0.15) is 0 Å². The fourth-order valence-corrected chi connectivity index (χ4v) is 3.25. The van der Waals surface area contributed by atoms with Crippen LogP contribution in [0.2, 0.25) is 0 Å². The highest BCUT2D eigenvalue weighted by Gasteiger charge is 2.33. The van der Waals surface area contributed by atoms with Gasteiger partial charge in [0.1, 0.15) is 13.1 Å². The summed E-state index contributed by atoms with van der Waals surface area (Å²) in [7, 11) is 0.